The minimum absolute atomic E-state index is 0.198. The van der Waals surface area contributed by atoms with E-state index in [-0.39, 0.29) is 5.91 Å². The summed E-state index contributed by atoms with van der Waals surface area (Å²) in [5, 5.41) is 6.48. The van der Waals surface area contributed by atoms with Crippen LogP contribution in [-0.2, 0) is 13.6 Å². The fourth-order valence-corrected chi connectivity index (χ4v) is 0.997. The van der Waals surface area contributed by atoms with Gasteiger partial charge in [0, 0.05) is 32.4 Å². The Balaban J connectivity index is 3.04. The summed E-state index contributed by atoms with van der Waals surface area (Å²) in [6, 6.07) is 0. The number of amides is 1. The molecular formula is C7H12N4O. The predicted molar refractivity (Wildman–Crippen MR) is 44.5 cm³/mol. The largest absolute Gasteiger partial charge is 0.354 e. The first-order valence-electron chi connectivity index (χ1n) is 3.63. The molecule has 0 bridgehead atoms. The molecule has 0 saturated carbocycles. The molecule has 1 heterocycles. The third-order valence-electron chi connectivity index (χ3n) is 1.57. The fraction of sp³-hybridized carbons (Fsp3) is 0.429. The number of nitrogens with two attached hydrogens (primary N) is 1. The van der Waals surface area contributed by atoms with E-state index in [9.17, 15) is 4.79 Å². The van der Waals surface area contributed by atoms with E-state index < -0.39 is 0 Å². The highest BCUT2D eigenvalue weighted by Crippen LogP contribution is 2.04. The van der Waals surface area contributed by atoms with Crippen molar-refractivity contribution in [2.45, 2.75) is 6.54 Å². The summed E-state index contributed by atoms with van der Waals surface area (Å²) in [5.74, 6) is -0.198. The average Bonchev–Trinajstić information content (AvgIpc) is 2.45. The number of aryl methyl sites for hydroxylation is 1. The predicted octanol–water partition coefficient (Wildman–Crippen LogP) is -0.762. The summed E-state index contributed by atoms with van der Waals surface area (Å²) >= 11 is 0. The minimum atomic E-state index is -0.198. The molecule has 0 radical (unpaired) electrons. The lowest BCUT2D eigenvalue weighted by Gasteiger charge is -1.95. The lowest BCUT2D eigenvalue weighted by Crippen LogP contribution is -2.20. The Morgan fingerprint density at radius 2 is 2.50 bits per heavy atom. The summed E-state index contributed by atoms with van der Waals surface area (Å²) < 4.78 is 1.58. The molecule has 0 fully saturated rings. The smallest absolute Gasteiger partial charge is 0.271 e. The molecule has 0 saturated heterocycles. The normalized spacial score (nSPS) is 9.92. The minimum Gasteiger partial charge on any atom is -0.354 e. The summed E-state index contributed by atoms with van der Waals surface area (Å²) in [6.45, 7) is 0.330. The molecule has 0 aromatic carbocycles. The summed E-state index contributed by atoms with van der Waals surface area (Å²) in [5.41, 5.74) is 6.59. The van der Waals surface area contributed by atoms with Crippen LogP contribution in [0.4, 0.5) is 0 Å². The van der Waals surface area contributed by atoms with Gasteiger partial charge in [-0.05, 0) is 0 Å². The van der Waals surface area contributed by atoms with Crippen LogP contribution in [0.1, 0.15) is 16.1 Å². The highest BCUT2D eigenvalue weighted by molar-refractivity contribution is 5.93. The van der Waals surface area contributed by atoms with E-state index in [1.165, 1.54) is 0 Å². The van der Waals surface area contributed by atoms with E-state index >= 15 is 0 Å². The molecule has 0 spiro atoms. The highest BCUT2D eigenvalue weighted by Gasteiger charge is 2.12. The lowest BCUT2D eigenvalue weighted by atomic mass is 10.2. The maximum absolute atomic E-state index is 11.2. The third kappa shape index (κ3) is 1.45. The van der Waals surface area contributed by atoms with Gasteiger partial charge >= 0.3 is 0 Å². The van der Waals surface area contributed by atoms with Crippen LogP contribution < -0.4 is 11.1 Å². The van der Waals surface area contributed by atoms with E-state index in [1.807, 2.05) is 0 Å². The molecule has 1 amide bonds. The Morgan fingerprint density at radius 1 is 1.83 bits per heavy atom. The maximum Gasteiger partial charge on any atom is 0.271 e. The van der Waals surface area contributed by atoms with Crippen LogP contribution in [0.25, 0.3) is 0 Å². The summed E-state index contributed by atoms with van der Waals surface area (Å²) in [4.78, 5) is 11.2. The van der Waals surface area contributed by atoms with Crippen LogP contribution in [0.3, 0.4) is 0 Å². The molecule has 12 heavy (non-hydrogen) atoms. The van der Waals surface area contributed by atoms with Crippen LogP contribution in [0.5, 0.6) is 0 Å². The van der Waals surface area contributed by atoms with Crippen molar-refractivity contribution < 1.29 is 4.79 Å². The first kappa shape index (κ1) is 8.73. The molecule has 0 unspecified atom stereocenters. The lowest BCUT2D eigenvalue weighted by molar-refractivity contribution is 0.0956. The van der Waals surface area contributed by atoms with Gasteiger partial charge in [0.1, 0.15) is 0 Å². The molecule has 0 aliphatic heterocycles. The van der Waals surface area contributed by atoms with E-state index in [0.29, 0.717) is 12.2 Å². The van der Waals surface area contributed by atoms with Crippen molar-refractivity contribution >= 4 is 5.91 Å². The molecule has 5 nitrogen and oxygen atoms in total. The first-order chi connectivity index (χ1) is 5.69. The number of hydrogen-bond acceptors (Lipinski definition) is 3. The van der Waals surface area contributed by atoms with Gasteiger partial charge in [0.15, 0.2) is 5.69 Å². The molecule has 0 aliphatic carbocycles. The van der Waals surface area contributed by atoms with Crippen molar-refractivity contribution in [3.63, 3.8) is 0 Å². The number of nitrogens with zero attached hydrogens (tertiary/aromatic N) is 2. The van der Waals surface area contributed by atoms with Gasteiger partial charge in [-0.2, -0.15) is 5.10 Å². The van der Waals surface area contributed by atoms with Crippen LogP contribution in [0, 0.1) is 0 Å². The molecule has 1 aromatic heterocycles. The van der Waals surface area contributed by atoms with Crippen LogP contribution in [0.15, 0.2) is 6.20 Å². The van der Waals surface area contributed by atoms with Gasteiger partial charge in [0.2, 0.25) is 0 Å². The second kappa shape index (κ2) is 3.36. The van der Waals surface area contributed by atoms with Gasteiger partial charge in [-0.1, -0.05) is 0 Å². The Bertz CT molecular complexity index is 292. The molecule has 5 heteroatoms. The number of nitrogens with one attached hydrogen (secondary N) is 1. The Hall–Kier alpha value is -1.36. The zero-order valence-corrected chi connectivity index (χ0v) is 7.16. The van der Waals surface area contributed by atoms with Gasteiger partial charge in [0.25, 0.3) is 5.91 Å². The van der Waals surface area contributed by atoms with Crippen molar-refractivity contribution in [2.75, 3.05) is 7.05 Å². The second-order valence-electron chi connectivity index (χ2n) is 2.46. The standard InChI is InChI=1S/C7H12N4O/c1-9-7(12)6-5(3-8)4-11(2)10-6/h4H,3,8H2,1-2H3,(H,9,12). The van der Waals surface area contributed by atoms with Crippen molar-refractivity contribution in [2.24, 2.45) is 12.8 Å². The zero-order chi connectivity index (χ0) is 9.14. The van der Waals surface area contributed by atoms with E-state index in [0.717, 1.165) is 5.56 Å². The monoisotopic (exact) mass is 168 g/mol. The van der Waals surface area contributed by atoms with Crippen LogP contribution in [-0.4, -0.2) is 22.7 Å². The number of carbonyl (C=O) groups is 1. The van der Waals surface area contributed by atoms with Gasteiger partial charge in [-0.3, -0.25) is 9.48 Å². The van der Waals surface area contributed by atoms with Gasteiger partial charge in [-0.25, -0.2) is 0 Å². The maximum atomic E-state index is 11.2. The van der Waals surface area contributed by atoms with Crippen LogP contribution >= 0.6 is 0 Å². The Morgan fingerprint density at radius 3 is 3.00 bits per heavy atom. The Labute approximate surface area is 70.5 Å². The third-order valence-corrected chi connectivity index (χ3v) is 1.57. The van der Waals surface area contributed by atoms with Crippen LogP contribution in [0.2, 0.25) is 0 Å². The number of rotatable bonds is 2. The number of carbonyl (C=O) groups excluding carboxylic acids is 1. The Kier molecular flexibility index (Phi) is 2.44. The zero-order valence-electron chi connectivity index (χ0n) is 7.16. The van der Waals surface area contributed by atoms with Crippen molar-refractivity contribution in [3.8, 4) is 0 Å². The highest BCUT2D eigenvalue weighted by atomic mass is 16.1. The topological polar surface area (TPSA) is 72.9 Å². The number of hydrogen-bond donors (Lipinski definition) is 2. The van der Waals surface area contributed by atoms with E-state index in [1.54, 1.807) is 25.0 Å². The van der Waals surface area contributed by atoms with E-state index in [4.69, 9.17) is 5.73 Å². The molecule has 0 atom stereocenters. The quantitative estimate of drug-likeness (QED) is 0.609. The molecule has 1 aromatic rings. The van der Waals surface area contributed by atoms with Crippen molar-refractivity contribution in [1.82, 2.24) is 15.1 Å². The summed E-state index contributed by atoms with van der Waals surface area (Å²) in [7, 11) is 3.32. The first-order valence-corrected chi connectivity index (χ1v) is 3.63. The van der Waals surface area contributed by atoms with E-state index in [2.05, 4.69) is 10.4 Å². The van der Waals surface area contributed by atoms with Gasteiger partial charge in [-0.15, -0.1) is 0 Å². The SMILES string of the molecule is CNC(=O)c1nn(C)cc1CN. The fourth-order valence-electron chi connectivity index (χ4n) is 0.997. The van der Waals surface area contributed by atoms with Gasteiger partial charge in [0.05, 0.1) is 0 Å². The molecule has 1 rings (SSSR count). The summed E-state index contributed by atoms with van der Waals surface area (Å²) in [6.07, 6.45) is 1.74. The number of aromatic nitrogens is 2. The molecular weight excluding hydrogens is 156 g/mol. The second-order valence-corrected chi connectivity index (χ2v) is 2.46. The van der Waals surface area contributed by atoms with Crippen molar-refractivity contribution in [3.05, 3.63) is 17.5 Å². The molecule has 3 N–H and O–H groups in total. The van der Waals surface area contributed by atoms with Crippen molar-refractivity contribution in [1.29, 1.82) is 0 Å². The van der Waals surface area contributed by atoms with Gasteiger partial charge < -0.3 is 11.1 Å². The average molecular weight is 168 g/mol. The molecule has 66 valence electrons. The molecule has 0 aliphatic rings.